The fraction of sp³-hybridized carbons (Fsp3) is 0.667. The van der Waals surface area contributed by atoms with Crippen LogP contribution in [-0.2, 0) is 9.53 Å². The molecule has 0 bridgehead atoms. The van der Waals surface area contributed by atoms with Crippen LogP contribution in [0.4, 0.5) is 0 Å². The molecule has 0 radical (unpaired) electrons. The molecule has 7 heteroatoms. The first-order valence-corrected chi connectivity index (χ1v) is 8.57. The van der Waals surface area contributed by atoms with Crippen LogP contribution in [0.5, 0.6) is 0 Å². The van der Waals surface area contributed by atoms with Gasteiger partial charge < -0.3 is 15.0 Å². The highest BCUT2D eigenvalue weighted by atomic mass is 32.1. The molecule has 2 fully saturated rings. The Bertz CT molecular complexity index is 546. The lowest BCUT2D eigenvalue weighted by Gasteiger charge is -2.21. The van der Waals surface area contributed by atoms with Crippen molar-refractivity contribution in [2.75, 3.05) is 26.2 Å². The van der Waals surface area contributed by atoms with Crippen LogP contribution in [0.2, 0.25) is 0 Å². The molecule has 0 unspecified atom stereocenters. The Hall–Kier alpha value is -1.47. The Morgan fingerprint density at radius 1 is 1.50 bits per heavy atom. The fourth-order valence-electron chi connectivity index (χ4n) is 3.19. The molecule has 1 N–H and O–H groups in total. The number of fused-ring (bicyclic) bond motifs is 1. The lowest BCUT2D eigenvalue weighted by atomic mass is 9.93. The molecule has 2 aliphatic rings. The van der Waals surface area contributed by atoms with Crippen molar-refractivity contribution in [3.8, 4) is 0 Å². The van der Waals surface area contributed by atoms with Gasteiger partial charge in [0.15, 0.2) is 0 Å². The molecule has 0 aromatic carbocycles. The van der Waals surface area contributed by atoms with Gasteiger partial charge in [0.05, 0.1) is 18.2 Å². The van der Waals surface area contributed by atoms with Crippen molar-refractivity contribution in [2.45, 2.75) is 20.0 Å². The van der Waals surface area contributed by atoms with Crippen molar-refractivity contribution in [3.63, 3.8) is 0 Å². The average molecular weight is 323 g/mol. The molecular formula is C15H21N3O3S. The Balaban J connectivity index is 1.54. The average Bonchev–Trinajstić information content (AvgIpc) is 3.20. The van der Waals surface area contributed by atoms with Crippen LogP contribution in [-0.4, -0.2) is 54.0 Å². The largest absolute Gasteiger partial charge is 0.376 e. The first kappa shape index (κ1) is 15.4. The molecule has 6 nitrogen and oxygen atoms in total. The third-order valence-electron chi connectivity index (χ3n) is 4.43. The van der Waals surface area contributed by atoms with Crippen molar-refractivity contribution < 1.29 is 14.3 Å². The van der Waals surface area contributed by atoms with E-state index in [2.05, 4.69) is 10.3 Å². The number of hydrogen-bond donors (Lipinski definition) is 1. The monoisotopic (exact) mass is 323 g/mol. The summed E-state index contributed by atoms with van der Waals surface area (Å²) < 4.78 is 5.81. The predicted molar refractivity (Wildman–Crippen MR) is 82.6 cm³/mol. The van der Waals surface area contributed by atoms with Crippen molar-refractivity contribution in [2.24, 2.45) is 17.8 Å². The molecular weight excluding hydrogens is 302 g/mol. The van der Waals surface area contributed by atoms with Gasteiger partial charge >= 0.3 is 0 Å². The summed E-state index contributed by atoms with van der Waals surface area (Å²) in [6.07, 6.45) is 0.115. The minimum Gasteiger partial charge on any atom is -0.376 e. The Morgan fingerprint density at radius 2 is 2.32 bits per heavy atom. The molecule has 3 heterocycles. The van der Waals surface area contributed by atoms with E-state index in [1.807, 2.05) is 18.7 Å². The topological polar surface area (TPSA) is 71.5 Å². The summed E-state index contributed by atoms with van der Waals surface area (Å²) in [4.78, 5) is 29.9. The quantitative estimate of drug-likeness (QED) is 0.897. The van der Waals surface area contributed by atoms with Gasteiger partial charge in [-0.25, -0.2) is 4.98 Å². The van der Waals surface area contributed by atoms with E-state index >= 15 is 0 Å². The van der Waals surface area contributed by atoms with Gasteiger partial charge in [-0.15, -0.1) is 11.3 Å². The van der Waals surface area contributed by atoms with E-state index in [0.29, 0.717) is 31.3 Å². The van der Waals surface area contributed by atoms with Gasteiger partial charge in [0.25, 0.3) is 5.91 Å². The number of nitrogens with zero attached hydrogens (tertiary/aromatic N) is 2. The van der Waals surface area contributed by atoms with Crippen molar-refractivity contribution in [1.29, 1.82) is 0 Å². The lowest BCUT2D eigenvalue weighted by molar-refractivity contribution is -0.134. The molecule has 3 rings (SSSR count). The molecule has 0 aliphatic carbocycles. The standard InChI is InChI=1S/C15H21N3O3S/c1-9(2)15(20)18-4-11-10(6-21-13(11)5-18)3-16-14(19)12-7-22-8-17-12/h7-11,13H,3-6H2,1-2H3,(H,16,19)/t10-,11+,13+/m0/s1. The Morgan fingerprint density at radius 3 is 3.00 bits per heavy atom. The first-order chi connectivity index (χ1) is 10.6. The van der Waals surface area contributed by atoms with Crippen LogP contribution in [0.1, 0.15) is 24.3 Å². The summed E-state index contributed by atoms with van der Waals surface area (Å²) >= 11 is 1.41. The number of rotatable bonds is 4. The second kappa shape index (κ2) is 6.34. The number of nitrogens with one attached hydrogen (secondary N) is 1. The third-order valence-corrected chi connectivity index (χ3v) is 5.02. The van der Waals surface area contributed by atoms with E-state index in [9.17, 15) is 9.59 Å². The van der Waals surface area contributed by atoms with E-state index in [4.69, 9.17) is 4.74 Å². The molecule has 1 aromatic rings. The summed E-state index contributed by atoms with van der Waals surface area (Å²) in [7, 11) is 0. The summed E-state index contributed by atoms with van der Waals surface area (Å²) in [6, 6.07) is 0. The number of carbonyl (C=O) groups is 2. The van der Waals surface area contributed by atoms with Crippen LogP contribution < -0.4 is 5.32 Å². The summed E-state index contributed by atoms with van der Waals surface area (Å²) in [5, 5.41) is 4.67. The molecule has 22 heavy (non-hydrogen) atoms. The van der Waals surface area contributed by atoms with Gasteiger partial charge in [0, 0.05) is 42.8 Å². The lowest BCUT2D eigenvalue weighted by Crippen LogP contribution is -2.36. The minimum absolute atomic E-state index is 0.0154. The van der Waals surface area contributed by atoms with Crippen molar-refractivity contribution >= 4 is 23.2 Å². The maximum absolute atomic E-state index is 12.1. The minimum atomic E-state index is -0.141. The van der Waals surface area contributed by atoms with Gasteiger partial charge in [-0.3, -0.25) is 9.59 Å². The number of amides is 2. The zero-order valence-corrected chi connectivity index (χ0v) is 13.6. The molecule has 2 aliphatic heterocycles. The normalized spacial score (nSPS) is 27.2. The Labute approximate surface area is 133 Å². The number of thiazole rings is 1. The highest BCUT2D eigenvalue weighted by molar-refractivity contribution is 7.07. The van der Waals surface area contributed by atoms with E-state index in [-0.39, 0.29) is 29.8 Å². The SMILES string of the molecule is CC(C)C(=O)N1C[C@@H]2[C@@H](CNC(=O)c3cscn3)CO[C@@H]2C1. The molecule has 0 spiro atoms. The van der Waals surface area contributed by atoms with Crippen LogP contribution in [0.15, 0.2) is 10.9 Å². The van der Waals surface area contributed by atoms with Gasteiger partial charge in [-0.1, -0.05) is 13.8 Å². The predicted octanol–water partition coefficient (Wildman–Crippen LogP) is 1.00. The van der Waals surface area contributed by atoms with E-state index < -0.39 is 0 Å². The van der Waals surface area contributed by atoms with E-state index in [0.717, 1.165) is 6.54 Å². The molecule has 1 aromatic heterocycles. The van der Waals surface area contributed by atoms with Crippen LogP contribution >= 0.6 is 11.3 Å². The number of likely N-dealkylation sites (tertiary alicyclic amines) is 1. The van der Waals surface area contributed by atoms with Gasteiger partial charge in [-0.05, 0) is 0 Å². The number of aromatic nitrogens is 1. The Kier molecular flexibility index (Phi) is 4.44. The zero-order chi connectivity index (χ0) is 15.7. The molecule has 0 saturated carbocycles. The second-order valence-electron chi connectivity index (χ2n) is 6.28. The summed E-state index contributed by atoms with van der Waals surface area (Å²) in [5.41, 5.74) is 2.11. The third kappa shape index (κ3) is 3.01. The zero-order valence-electron chi connectivity index (χ0n) is 12.8. The maximum Gasteiger partial charge on any atom is 0.270 e. The van der Waals surface area contributed by atoms with Crippen LogP contribution in [0.25, 0.3) is 0 Å². The van der Waals surface area contributed by atoms with E-state index in [1.54, 1.807) is 10.9 Å². The van der Waals surface area contributed by atoms with Gasteiger partial charge in [0.2, 0.25) is 5.91 Å². The molecule has 3 atom stereocenters. The van der Waals surface area contributed by atoms with Crippen LogP contribution in [0.3, 0.4) is 0 Å². The second-order valence-corrected chi connectivity index (χ2v) is 7.00. The smallest absolute Gasteiger partial charge is 0.270 e. The molecule has 2 amide bonds. The van der Waals surface area contributed by atoms with Gasteiger partial charge in [0.1, 0.15) is 5.69 Å². The molecule has 2 saturated heterocycles. The number of hydrogen-bond acceptors (Lipinski definition) is 5. The van der Waals surface area contributed by atoms with E-state index in [1.165, 1.54) is 11.3 Å². The summed E-state index contributed by atoms with van der Waals surface area (Å²) in [5.74, 6) is 0.638. The van der Waals surface area contributed by atoms with Crippen molar-refractivity contribution in [1.82, 2.24) is 15.2 Å². The first-order valence-electron chi connectivity index (χ1n) is 7.63. The summed E-state index contributed by atoms with van der Waals surface area (Å²) in [6.45, 7) is 6.47. The fourth-order valence-corrected chi connectivity index (χ4v) is 3.73. The van der Waals surface area contributed by atoms with Gasteiger partial charge in [-0.2, -0.15) is 0 Å². The maximum atomic E-state index is 12.1. The molecule has 120 valence electrons. The number of carbonyl (C=O) groups excluding carboxylic acids is 2. The number of ether oxygens (including phenoxy) is 1. The highest BCUT2D eigenvalue weighted by Gasteiger charge is 2.45. The van der Waals surface area contributed by atoms with Crippen LogP contribution in [0, 0.1) is 17.8 Å². The van der Waals surface area contributed by atoms with Crippen molar-refractivity contribution in [3.05, 3.63) is 16.6 Å². The highest BCUT2D eigenvalue weighted by Crippen LogP contribution is 2.33.